The molecule has 0 atom stereocenters. The lowest BCUT2D eigenvalue weighted by Crippen LogP contribution is -2.08. The molecule has 7 nitrogen and oxygen atoms in total. The van der Waals surface area contributed by atoms with Crippen LogP contribution in [0, 0.1) is 4.91 Å². The highest BCUT2D eigenvalue weighted by molar-refractivity contribution is 4.43. The van der Waals surface area contributed by atoms with Gasteiger partial charge in [-0.05, 0) is 45.1 Å². The average Bonchev–Trinajstić information content (AvgIpc) is 2.57. The van der Waals surface area contributed by atoms with Gasteiger partial charge in [0.1, 0.15) is 6.54 Å². The van der Waals surface area contributed by atoms with E-state index in [-0.39, 0.29) is 6.54 Å². The van der Waals surface area contributed by atoms with Gasteiger partial charge in [-0.1, -0.05) is 5.18 Å². The summed E-state index contributed by atoms with van der Waals surface area (Å²) in [5, 5.41) is 2.71. The van der Waals surface area contributed by atoms with Gasteiger partial charge in [-0.25, -0.2) is 0 Å². The van der Waals surface area contributed by atoms with Crippen LogP contribution in [0.2, 0.25) is 0 Å². The maximum Gasteiger partial charge on any atom is 0.104 e. The molecular formula is C16H34N2O5. The molecule has 0 aliphatic heterocycles. The zero-order valence-electron chi connectivity index (χ0n) is 14.4. The molecule has 0 rings (SSSR count). The van der Waals surface area contributed by atoms with Crippen molar-refractivity contribution in [3.8, 4) is 0 Å². The van der Waals surface area contributed by atoms with Crippen LogP contribution >= 0.6 is 0 Å². The fraction of sp³-hybridized carbons (Fsp3) is 1.00. The highest BCUT2D eigenvalue weighted by Crippen LogP contribution is 1.97. The minimum atomic E-state index is 0.208. The average molecular weight is 334 g/mol. The number of unbranched alkanes of at least 4 members (excludes halogenated alkanes) is 4. The molecule has 2 N–H and O–H groups in total. The molecule has 0 heterocycles. The Morgan fingerprint density at radius 1 is 0.565 bits per heavy atom. The van der Waals surface area contributed by atoms with Crippen molar-refractivity contribution in [1.82, 2.24) is 0 Å². The standard InChI is InChI=1S/C16H34N2O5/c17-7-3-1-4-9-20-13-14-21-10-5-2-6-11-22-15-16-23-12-8-18-19/h1-17H2. The lowest BCUT2D eigenvalue weighted by Gasteiger charge is -2.06. The van der Waals surface area contributed by atoms with Gasteiger partial charge in [0.05, 0.1) is 33.0 Å². The smallest absolute Gasteiger partial charge is 0.104 e. The third-order valence-corrected chi connectivity index (χ3v) is 3.14. The van der Waals surface area contributed by atoms with E-state index in [1.54, 1.807) is 0 Å². The van der Waals surface area contributed by atoms with Crippen molar-refractivity contribution >= 4 is 0 Å². The lowest BCUT2D eigenvalue weighted by molar-refractivity contribution is 0.0402. The molecule has 0 unspecified atom stereocenters. The highest BCUT2D eigenvalue weighted by atomic mass is 16.5. The molecular weight excluding hydrogens is 300 g/mol. The number of rotatable bonds is 20. The minimum Gasteiger partial charge on any atom is -0.379 e. The van der Waals surface area contributed by atoms with Gasteiger partial charge >= 0.3 is 0 Å². The van der Waals surface area contributed by atoms with Gasteiger partial charge in [0.2, 0.25) is 0 Å². The first-order valence-electron chi connectivity index (χ1n) is 8.72. The van der Waals surface area contributed by atoms with Crippen molar-refractivity contribution in [2.24, 2.45) is 10.9 Å². The topological polar surface area (TPSA) is 92.4 Å². The molecule has 0 amide bonds. The zero-order valence-corrected chi connectivity index (χ0v) is 14.4. The van der Waals surface area contributed by atoms with E-state index in [4.69, 9.17) is 24.7 Å². The number of nitrogens with two attached hydrogens (primary N) is 1. The van der Waals surface area contributed by atoms with E-state index >= 15 is 0 Å². The van der Waals surface area contributed by atoms with E-state index < -0.39 is 0 Å². The maximum atomic E-state index is 9.81. The monoisotopic (exact) mass is 334 g/mol. The Morgan fingerprint density at radius 2 is 1.00 bits per heavy atom. The summed E-state index contributed by atoms with van der Waals surface area (Å²) in [7, 11) is 0. The van der Waals surface area contributed by atoms with Crippen LogP contribution in [0.3, 0.4) is 0 Å². The van der Waals surface area contributed by atoms with Crippen LogP contribution in [0.4, 0.5) is 0 Å². The van der Waals surface area contributed by atoms with Gasteiger partial charge in [0.15, 0.2) is 0 Å². The van der Waals surface area contributed by atoms with E-state index in [9.17, 15) is 4.91 Å². The van der Waals surface area contributed by atoms with Crippen molar-refractivity contribution in [3.05, 3.63) is 4.91 Å². The second kappa shape index (κ2) is 21.4. The fourth-order valence-electron chi connectivity index (χ4n) is 1.86. The molecule has 7 heteroatoms. The zero-order chi connectivity index (χ0) is 16.8. The van der Waals surface area contributed by atoms with E-state index in [1.165, 1.54) is 0 Å². The molecule has 0 aliphatic rings. The van der Waals surface area contributed by atoms with Crippen LogP contribution in [0.5, 0.6) is 0 Å². The summed E-state index contributed by atoms with van der Waals surface area (Å²) in [5.41, 5.74) is 5.42. The second-order valence-corrected chi connectivity index (χ2v) is 5.21. The lowest BCUT2D eigenvalue weighted by atomic mass is 10.2. The summed E-state index contributed by atoms with van der Waals surface area (Å²) in [6.07, 6.45) is 6.46. The third kappa shape index (κ3) is 21.4. The van der Waals surface area contributed by atoms with Crippen LogP contribution < -0.4 is 5.73 Å². The van der Waals surface area contributed by atoms with Crippen molar-refractivity contribution in [2.75, 3.05) is 65.9 Å². The quantitative estimate of drug-likeness (QED) is 0.271. The number of nitroso groups, excluding NO2 is 1. The molecule has 0 saturated carbocycles. The Labute approximate surface area is 140 Å². The van der Waals surface area contributed by atoms with E-state index in [2.05, 4.69) is 5.18 Å². The van der Waals surface area contributed by atoms with Gasteiger partial charge in [0, 0.05) is 19.8 Å². The first-order chi connectivity index (χ1) is 11.4. The maximum absolute atomic E-state index is 9.81. The van der Waals surface area contributed by atoms with Crippen LogP contribution in [-0.4, -0.2) is 65.9 Å². The molecule has 0 aromatic rings. The first kappa shape index (κ1) is 22.4. The van der Waals surface area contributed by atoms with Crippen LogP contribution in [0.25, 0.3) is 0 Å². The molecule has 23 heavy (non-hydrogen) atoms. The summed E-state index contributed by atoms with van der Waals surface area (Å²) < 4.78 is 21.5. The van der Waals surface area contributed by atoms with Gasteiger partial charge in [-0.3, -0.25) is 0 Å². The van der Waals surface area contributed by atoms with Gasteiger partial charge in [-0.2, -0.15) is 4.91 Å². The number of hydrogen-bond donors (Lipinski definition) is 1. The molecule has 0 bridgehead atoms. The third-order valence-electron chi connectivity index (χ3n) is 3.14. The van der Waals surface area contributed by atoms with Crippen LogP contribution in [0.1, 0.15) is 38.5 Å². The molecule has 0 radical (unpaired) electrons. The van der Waals surface area contributed by atoms with E-state index in [0.29, 0.717) is 33.0 Å². The van der Waals surface area contributed by atoms with Gasteiger partial charge in [0.25, 0.3) is 0 Å². The first-order valence-corrected chi connectivity index (χ1v) is 8.72. The summed E-state index contributed by atoms with van der Waals surface area (Å²) >= 11 is 0. The predicted molar refractivity (Wildman–Crippen MR) is 90.7 cm³/mol. The normalized spacial score (nSPS) is 11.0. The number of ether oxygens (including phenoxy) is 4. The molecule has 0 fully saturated rings. The minimum absolute atomic E-state index is 0.208. The van der Waals surface area contributed by atoms with Crippen LogP contribution in [0.15, 0.2) is 5.18 Å². The number of nitrogens with zero attached hydrogens (tertiary/aromatic N) is 1. The molecule has 0 saturated heterocycles. The van der Waals surface area contributed by atoms with Crippen LogP contribution in [-0.2, 0) is 18.9 Å². The molecule has 138 valence electrons. The summed E-state index contributed by atoms with van der Waals surface area (Å²) in [6.45, 7) is 6.09. The Bertz CT molecular complexity index is 233. The summed E-state index contributed by atoms with van der Waals surface area (Å²) in [5.74, 6) is 0. The Morgan fingerprint density at radius 3 is 1.43 bits per heavy atom. The van der Waals surface area contributed by atoms with Crippen molar-refractivity contribution in [2.45, 2.75) is 38.5 Å². The predicted octanol–water partition coefficient (Wildman–Crippen LogP) is 2.12. The molecule has 0 aromatic heterocycles. The highest BCUT2D eigenvalue weighted by Gasteiger charge is 1.94. The SMILES string of the molecule is NCCCCCOCCOCCCCCOCCOCCN=O. The summed E-state index contributed by atoms with van der Waals surface area (Å²) in [6, 6.07) is 0. The van der Waals surface area contributed by atoms with Crippen molar-refractivity contribution in [1.29, 1.82) is 0 Å². The molecule has 0 spiro atoms. The van der Waals surface area contributed by atoms with E-state index in [1.807, 2.05) is 0 Å². The van der Waals surface area contributed by atoms with Crippen molar-refractivity contribution < 1.29 is 18.9 Å². The van der Waals surface area contributed by atoms with Gasteiger partial charge < -0.3 is 24.7 Å². The second-order valence-electron chi connectivity index (χ2n) is 5.21. The largest absolute Gasteiger partial charge is 0.379 e. The van der Waals surface area contributed by atoms with E-state index in [0.717, 1.165) is 64.9 Å². The summed E-state index contributed by atoms with van der Waals surface area (Å²) in [4.78, 5) is 9.81. The number of hydrogen-bond acceptors (Lipinski definition) is 7. The fourth-order valence-corrected chi connectivity index (χ4v) is 1.86. The Balaban J connectivity index is 2.93. The van der Waals surface area contributed by atoms with Crippen molar-refractivity contribution in [3.63, 3.8) is 0 Å². The molecule has 0 aromatic carbocycles. The molecule has 0 aliphatic carbocycles. The van der Waals surface area contributed by atoms with Gasteiger partial charge in [-0.15, -0.1) is 0 Å². The Kier molecular flexibility index (Phi) is 20.8. The Hall–Kier alpha value is -0.600.